The molecule has 12 nitrogen and oxygen atoms in total. The molecule has 208 valence electrons. The zero-order valence-corrected chi connectivity index (χ0v) is 21.9. The van der Waals surface area contributed by atoms with E-state index < -0.39 is 23.2 Å². The summed E-state index contributed by atoms with van der Waals surface area (Å²) in [5, 5.41) is 21.6. The van der Waals surface area contributed by atoms with Crippen LogP contribution < -0.4 is 14.8 Å². The fraction of sp³-hybridized carbons (Fsp3) is 0.308. The van der Waals surface area contributed by atoms with E-state index in [9.17, 15) is 23.6 Å². The van der Waals surface area contributed by atoms with Crippen LogP contribution in [0, 0.1) is 16.8 Å². The van der Waals surface area contributed by atoms with Gasteiger partial charge in [0.15, 0.2) is 17.4 Å². The van der Waals surface area contributed by atoms with E-state index in [0.29, 0.717) is 41.4 Å². The van der Waals surface area contributed by atoms with Crippen molar-refractivity contribution in [1.29, 1.82) is 0 Å². The summed E-state index contributed by atoms with van der Waals surface area (Å²) in [6.07, 6.45) is 5.21. The van der Waals surface area contributed by atoms with Crippen molar-refractivity contribution in [3.63, 3.8) is 0 Å². The molecule has 40 heavy (non-hydrogen) atoms. The molecule has 1 saturated heterocycles. The molecule has 1 aliphatic heterocycles. The molecule has 3 aromatic heterocycles. The van der Waals surface area contributed by atoms with Gasteiger partial charge in [-0.25, -0.2) is 23.5 Å². The van der Waals surface area contributed by atoms with Crippen molar-refractivity contribution in [1.82, 2.24) is 30.0 Å². The molecule has 1 atom stereocenters. The Kier molecular flexibility index (Phi) is 7.02. The number of amides is 2. The predicted octanol–water partition coefficient (Wildman–Crippen LogP) is 2.62. The second-order valence-corrected chi connectivity index (χ2v) is 10.0. The molecule has 0 radical (unpaired) electrons. The minimum atomic E-state index is -0.883. The summed E-state index contributed by atoms with van der Waals surface area (Å²) in [5.74, 6) is -2.25. The molecule has 1 aliphatic rings. The number of hydrogen-bond donors (Lipinski definition) is 2. The van der Waals surface area contributed by atoms with Gasteiger partial charge in [-0.1, -0.05) is 5.10 Å². The fourth-order valence-corrected chi connectivity index (χ4v) is 4.68. The second kappa shape index (κ2) is 10.4. The number of piperazine rings is 1. The van der Waals surface area contributed by atoms with E-state index in [0.717, 1.165) is 12.1 Å². The van der Waals surface area contributed by atoms with E-state index in [-0.39, 0.29) is 34.9 Å². The lowest BCUT2D eigenvalue weighted by molar-refractivity contribution is -0.579. The number of halogens is 2. The molecule has 2 amide bonds. The third-order valence-electron chi connectivity index (χ3n) is 6.83. The zero-order valence-electron chi connectivity index (χ0n) is 21.9. The predicted molar refractivity (Wildman–Crippen MR) is 138 cm³/mol. The van der Waals surface area contributed by atoms with Gasteiger partial charge < -0.3 is 20.2 Å². The van der Waals surface area contributed by atoms with Crippen LogP contribution in [0.3, 0.4) is 0 Å². The van der Waals surface area contributed by atoms with Gasteiger partial charge in [-0.05, 0) is 39.0 Å². The molecular formula is C26H26F2N8O4. The summed E-state index contributed by atoms with van der Waals surface area (Å²) in [4.78, 5) is 38.3. The summed E-state index contributed by atoms with van der Waals surface area (Å²) in [5.41, 5.74) is -0.0494. The maximum absolute atomic E-state index is 13.8. The fourth-order valence-electron chi connectivity index (χ4n) is 4.68. The first-order valence-corrected chi connectivity index (χ1v) is 12.4. The highest BCUT2D eigenvalue weighted by molar-refractivity contribution is 6.05. The molecule has 5 rings (SSSR count). The number of nitrogens with one attached hydrogen (secondary N) is 2. The average Bonchev–Trinajstić information content (AvgIpc) is 3.41. The minimum absolute atomic E-state index is 0.0322. The molecule has 4 aromatic rings. The number of fused-ring (bicyclic) bond motifs is 1. The molecule has 0 bridgehead atoms. The van der Waals surface area contributed by atoms with Crippen LogP contribution in [0.4, 0.5) is 14.6 Å². The van der Waals surface area contributed by atoms with Crippen molar-refractivity contribution in [3.8, 4) is 11.6 Å². The van der Waals surface area contributed by atoms with Crippen LogP contribution in [-0.4, -0.2) is 73.0 Å². The third-order valence-corrected chi connectivity index (χ3v) is 6.83. The molecule has 0 spiro atoms. The molecular weight excluding hydrogens is 526 g/mol. The first-order chi connectivity index (χ1) is 19.0. The summed E-state index contributed by atoms with van der Waals surface area (Å²) in [6.45, 7) is 6.80. The van der Waals surface area contributed by atoms with Gasteiger partial charge in [0.25, 0.3) is 5.91 Å². The van der Waals surface area contributed by atoms with Gasteiger partial charge >= 0.3 is 5.65 Å². The van der Waals surface area contributed by atoms with Gasteiger partial charge in [-0.3, -0.25) is 14.5 Å². The Balaban J connectivity index is 1.21. The minimum Gasteiger partial charge on any atom is -0.711 e. The van der Waals surface area contributed by atoms with E-state index in [1.54, 1.807) is 11.8 Å². The van der Waals surface area contributed by atoms with Gasteiger partial charge in [-0.2, -0.15) is 0 Å². The van der Waals surface area contributed by atoms with Gasteiger partial charge in [0.2, 0.25) is 11.8 Å². The lowest BCUT2D eigenvalue weighted by Crippen LogP contribution is -2.63. The van der Waals surface area contributed by atoms with Crippen molar-refractivity contribution >= 4 is 28.7 Å². The molecule has 0 saturated carbocycles. The zero-order chi connectivity index (χ0) is 28.6. The summed E-state index contributed by atoms with van der Waals surface area (Å²) < 4.78 is 32.8. The van der Waals surface area contributed by atoms with Crippen LogP contribution in [0.1, 0.15) is 31.1 Å². The van der Waals surface area contributed by atoms with Crippen LogP contribution in [0.2, 0.25) is 0 Å². The average molecular weight is 553 g/mol. The lowest BCUT2D eigenvalue weighted by Gasteiger charge is -2.48. The molecule has 14 heteroatoms. The number of carbonyl (C=O) groups excluding carboxylic acids is 2. The van der Waals surface area contributed by atoms with Crippen molar-refractivity contribution in [2.75, 3.05) is 25.0 Å². The van der Waals surface area contributed by atoms with E-state index in [1.165, 1.54) is 30.9 Å². The number of anilines is 1. The summed E-state index contributed by atoms with van der Waals surface area (Å²) >= 11 is 0. The number of pyridine rings is 1. The molecule has 2 N–H and O–H groups in total. The van der Waals surface area contributed by atoms with Gasteiger partial charge in [0, 0.05) is 25.7 Å². The van der Waals surface area contributed by atoms with Gasteiger partial charge in [0.1, 0.15) is 11.2 Å². The Labute approximate surface area is 227 Å². The highest BCUT2D eigenvalue weighted by Gasteiger charge is 2.40. The number of rotatable bonds is 6. The third kappa shape index (κ3) is 5.25. The summed E-state index contributed by atoms with van der Waals surface area (Å²) in [6, 6.07) is 3.82. The molecule has 0 unspecified atom stereocenters. The molecule has 0 aliphatic carbocycles. The van der Waals surface area contributed by atoms with E-state index in [4.69, 9.17) is 4.74 Å². The number of aromatic amines is 1. The van der Waals surface area contributed by atoms with Crippen LogP contribution in [0.25, 0.3) is 11.0 Å². The Bertz CT molecular complexity index is 1580. The Morgan fingerprint density at radius 1 is 1.18 bits per heavy atom. The van der Waals surface area contributed by atoms with Gasteiger partial charge in [0.05, 0.1) is 41.9 Å². The Morgan fingerprint density at radius 2 is 1.98 bits per heavy atom. The number of carbonyl (C=O) groups is 2. The molecule has 1 aromatic carbocycles. The maximum atomic E-state index is 13.8. The van der Waals surface area contributed by atoms with Crippen molar-refractivity contribution < 1.29 is 27.8 Å². The van der Waals surface area contributed by atoms with Crippen LogP contribution in [0.15, 0.2) is 49.1 Å². The number of benzene rings is 1. The highest BCUT2D eigenvalue weighted by atomic mass is 19.1. The number of nitrogens with zero attached hydrogens (tertiary/aromatic N) is 6. The highest BCUT2D eigenvalue weighted by Crippen LogP contribution is 2.27. The topological polar surface area (TPSA) is 143 Å². The Morgan fingerprint density at radius 3 is 2.67 bits per heavy atom. The van der Waals surface area contributed by atoms with Crippen molar-refractivity contribution in [2.24, 2.45) is 0 Å². The van der Waals surface area contributed by atoms with Crippen molar-refractivity contribution in [3.05, 3.63) is 71.5 Å². The second-order valence-electron chi connectivity index (χ2n) is 10.0. The number of H-pyrrole nitrogens is 1. The van der Waals surface area contributed by atoms with Crippen molar-refractivity contribution in [2.45, 2.75) is 32.4 Å². The lowest BCUT2D eigenvalue weighted by atomic mass is 9.96. The van der Waals surface area contributed by atoms with Gasteiger partial charge in [-0.15, -0.1) is 5.10 Å². The van der Waals surface area contributed by atoms with Crippen LogP contribution in [0.5, 0.6) is 11.6 Å². The first-order valence-electron chi connectivity index (χ1n) is 12.4. The molecule has 1 fully saturated rings. The maximum Gasteiger partial charge on any atom is 0.312 e. The SMILES string of the molecule is C[C@@H](C(=O)Nc1cnc(Oc2ccc(F)cc2F)cn1)N1CCN(C(=O)c2cc[n+]([O-])c3[nH]ncc23)C(C)(C)C1. The monoisotopic (exact) mass is 552 g/mol. The number of hydrogen-bond acceptors (Lipinski definition) is 8. The number of ether oxygens (including phenoxy) is 1. The largest absolute Gasteiger partial charge is 0.711 e. The van der Waals surface area contributed by atoms with E-state index in [2.05, 4.69) is 25.5 Å². The quantitative estimate of drug-likeness (QED) is 0.275. The smallest absolute Gasteiger partial charge is 0.312 e. The van der Waals surface area contributed by atoms with Crippen LogP contribution >= 0.6 is 0 Å². The standard InChI is InChI=1S/C26H26F2N8O4/c1-15(24(37)32-21-12-30-22(13-29-21)40-20-5-4-16(27)10-19(20)28)34-8-9-35(26(2,3)14-34)25(38)17-6-7-36(39)23-18(17)11-31-33-23/h4-7,10-13,15H,8-9,14H2,1-3H3,(H,31,33)(H,29,32,37)/t15-/m0/s1. The van der Waals surface area contributed by atoms with E-state index in [1.807, 2.05) is 18.7 Å². The van der Waals surface area contributed by atoms with Crippen LogP contribution in [-0.2, 0) is 4.79 Å². The number of aromatic nitrogens is 5. The van der Waals surface area contributed by atoms with E-state index >= 15 is 0 Å². The normalized spacial score (nSPS) is 16.1. The summed E-state index contributed by atoms with van der Waals surface area (Å²) in [7, 11) is 0. The molecule has 4 heterocycles. The first kappa shape index (κ1) is 26.9. The Hall–Kier alpha value is -4.72.